The van der Waals surface area contributed by atoms with Crippen LogP contribution in [-0.4, -0.2) is 11.7 Å². The summed E-state index contributed by atoms with van der Waals surface area (Å²) in [4.78, 5) is 0. The maximum atomic E-state index is 9.01. The molecule has 66 valence electrons. The summed E-state index contributed by atoms with van der Waals surface area (Å²) in [5.74, 6) is 3.03. The van der Waals surface area contributed by atoms with Crippen molar-refractivity contribution in [3.63, 3.8) is 0 Å². The topological polar surface area (TPSA) is 20.2 Å². The van der Waals surface area contributed by atoms with E-state index in [1.54, 1.807) is 0 Å². The van der Waals surface area contributed by atoms with Gasteiger partial charge in [-0.25, -0.2) is 0 Å². The van der Waals surface area contributed by atoms with Crippen molar-refractivity contribution in [1.82, 2.24) is 0 Å². The van der Waals surface area contributed by atoms with E-state index in [0.29, 0.717) is 12.5 Å². The summed E-state index contributed by atoms with van der Waals surface area (Å²) >= 11 is 0. The van der Waals surface area contributed by atoms with E-state index in [9.17, 15) is 0 Å². The lowest BCUT2D eigenvalue weighted by Crippen LogP contribution is -2.29. The number of rotatable bonds is 1. The molecule has 2 atom stereocenters. The van der Waals surface area contributed by atoms with Gasteiger partial charge in [-0.3, -0.25) is 0 Å². The van der Waals surface area contributed by atoms with Crippen LogP contribution < -0.4 is 0 Å². The van der Waals surface area contributed by atoms with Gasteiger partial charge in [0.15, 0.2) is 0 Å². The van der Waals surface area contributed by atoms with Crippen LogP contribution in [0.4, 0.5) is 0 Å². The average Bonchev–Trinajstić information content (AvgIpc) is 1.99. The minimum absolute atomic E-state index is 0.390. The first kappa shape index (κ1) is 9.05. The van der Waals surface area contributed by atoms with E-state index in [2.05, 4.69) is 20.8 Å². The lowest BCUT2D eigenvalue weighted by atomic mass is 9.70. The molecule has 2 unspecified atom stereocenters. The number of aliphatic hydroxyl groups is 1. The summed E-state index contributed by atoms with van der Waals surface area (Å²) in [6.45, 7) is 7.34. The van der Waals surface area contributed by atoms with E-state index in [-0.39, 0.29) is 0 Å². The largest absolute Gasteiger partial charge is 0.396 e. The summed E-state index contributed by atoms with van der Waals surface area (Å²) in [5.41, 5.74) is 0. The minimum Gasteiger partial charge on any atom is -0.396 e. The molecule has 0 aromatic heterocycles. The Labute approximate surface area is 69.8 Å². The zero-order valence-corrected chi connectivity index (χ0v) is 7.88. The zero-order chi connectivity index (χ0) is 8.43. The van der Waals surface area contributed by atoms with Crippen LogP contribution in [0.1, 0.15) is 33.6 Å². The monoisotopic (exact) mass is 156 g/mol. The molecule has 1 nitrogen and oxygen atoms in total. The Bertz CT molecular complexity index is 110. The lowest BCUT2D eigenvalue weighted by Gasteiger charge is -2.36. The van der Waals surface area contributed by atoms with Crippen LogP contribution in [0.2, 0.25) is 0 Å². The maximum absolute atomic E-state index is 9.01. The molecule has 11 heavy (non-hydrogen) atoms. The quantitative estimate of drug-likeness (QED) is 0.617. The van der Waals surface area contributed by atoms with E-state index in [1.165, 1.54) is 12.8 Å². The molecule has 1 aliphatic carbocycles. The van der Waals surface area contributed by atoms with Crippen LogP contribution in [0, 0.1) is 23.7 Å². The molecule has 0 saturated heterocycles. The molecule has 1 heteroatoms. The number of hydrogen-bond acceptors (Lipinski definition) is 1. The second-order valence-electron chi connectivity index (χ2n) is 4.33. The van der Waals surface area contributed by atoms with Gasteiger partial charge in [0, 0.05) is 6.61 Å². The van der Waals surface area contributed by atoms with Gasteiger partial charge >= 0.3 is 0 Å². The van der Waals surface area contributed by atoms with Gasteiger partial charge in [-0.2, -0.15) is 0 Å². The molecule has 1 rings (SSSR count). The molecule has 0 spiro atoms. The third-order valence-corrected chi connectivity index (χ3v) is 3.46. The van der Waals surface area contributed by atoms with E-state index < -0.39 is 0 Å². The zero-order valence-electron chi connectivity index (χ0n) is 7.88. The van der Waals surface area contributed by atoms with E-state index >= 15 is 0 Å². The molecule has 0 heterocycles. The third-order valence-electron chi connectivity index (χ3n) is 3.46. The second kappa shape index (κ2) is 3.57. The second-order valence-corrected chi connectivity index (χ2v) is 4.33. The van der Waals surface area contributed by atoms with Gasteiger partial charge in [-0.1, -0.05) is 20.8 Å². The molecule has 0 aliphatic heterocycles. The highest BCUT2D eigenvalue weighted by Gasteiger charge is 2.29. The summed E-state index contributed by atoms with van der Waals surface area (Å²) in [6.07, 6.45) is 2.45. The smallest absolute Gasteiger partial charge is 0.0459 e. The molecule has 1 aliphatic rings. The fraction of sp³-hybridized carbons (Fsp3) is 1.00. The van der Waals surface area contributed by atoms with Gasteiger partial charge in [0.1, 0.15) is 0 Å². The van der Waals surface area contributed by atoms with Crippen molar-refractivity contribution in [3.8, 4) is 0 Å². The SMILES string of the molecule is CC1CC(CO)CC(C)C1C. The van der Waals surface area contributed by atoms with Crippen molar-refractivity contribution in [2.75, 3.05) is 6.61 Å². The fourth-order valence-corrected chi connectivity index (χ4v) is 2.29. The molecule has 1 N–H and O–H groups in total. The Morgan fingerprint density at radius 3 is 1.91 bits per heavy atom. The molecule has 1 fully saturated rings. The van der Waals surface area contributed by atoms with E-state index in [4.69, 9.17) is 5.11 Å². The lowest BCUT2D eigenvalue weighted by molar-refractivity contribution is 0.0949. The maximum Gasteiger partial charge on any atom is 0.0459 e. The highest BCUT2D eigenvalue weighted by atomic mass is 16.3. The summed E-state index contributed by atoms with van der Waals surface area (Å²) in [7, 11) is 0. The van der Waals surface area contributed by atoms with Gasteiger partial charge in [-0.15, -0.1) is 0 Å². The van der Waals surface area contributed by atoms with Crippen molar-refractivity contribution in [2.45, 2.75) is 33.6 Å². The molecular formula is C10H20O. The predicted octanol–water partition coefficient (Wildman–Crippen LogP) is 2.30. The van der Waals surface area contributed by atoms with Crippen LogP contribution in [0.15, 0.2) is 0 Å². The van der Waals surface area contributed by atoms with E-state index in [1.807, 2.05) is 0 Å². The molecule has 0 amide bonds. The van der Waals surface area contributed by atoms with Crippen molar-refractivity contribution >= 4 is 0 Å². The normalized spacial score (nSPS) is 45.8. The highest BCUT2D eigenvalue weighted by molar-refractivity contribution is 4.79. The first-order chi connectivity index (χ1) is 5.15. The Hall–Kier alpha value is -0.0400. The van der Waals surface area contributed by atoms with E-state index in [0.717, 1.165) is 17.8 Å². The Balaban J connectivity index is 2.47. The molecule has 0 aromatic carbocycles. The van der Waals surface area contributed by atoms with Gasteiger partial charge < -0.3 is 5.11 Å². The van der Waals surface area contributed by atoms with Gasteiger partial charge in [0.05, 0.1) is 0 Å². The molecule has 1 saturated carbocycles. The van der Waals surface area contributed by atoms with Crippen LogP contribution in [0.3, 0.4) is 0 Å². The Morgan fingerprint density at radius 1 is 1.09 bits per heavy atom. The standard InChI is InChI=1S/C10H20O/c1-7-4-10(6-11)5-8(2)9(7)3/h7-11H,4-6H2,1-3H3. The molecule has 0 radical (unpaired) electrons. The number of aliphatic hydroxyl groups excluding tert-OH is 1. The van der Waals surface area contributed by atoms with Crippen molar-refractivity contribution in [1.29, 1.82) is 0 Å². The molecule has 0 bridgehead atoms. The predicted molar refractivity (Wildman–Crippen MR) is 47.3 cm³/mol. The molecule has 0 aromatic rings. The van der Waals surface area contributed by atoms with Gasteiger partial charge in [0.2, 0.25) is 0 Å². The third kappa shape index (κ3) is 1.96. The van der Waals surface area contributed by atoms with Gasteiger partial charge in [-0.05, 0) is 36.5 Å². The van der Waals surface area contributed by atoms with Crippen LogP contribution in [0.25, 0.3) is 0 Å². The summed E-state index contributed by atoms with van der Waals surface area (Å²) in [6, 6.07) is 0. The van der Waals surface area contributed by atoms with Crippen molar-refractivity contribution in [2.24, 2.45) is 23.7 Å². The van der Waals surface area contributed by atoms with Crippen LogP contribution >= 0.6 is 0 Å². The highest BCUT2D eigenvalue weighted by Crippen LogP contribution is 2.37. The summed E-state index contributed by atoms with van der Waals surface area (Å²) < 4.78 is 0. The number of hydrogen-bond donors (Lipinski definition) is 1. The van der Waals surface area contributed by atoms with Gasteiger partial charge in [0.25, 0.3) is 0 Å². The molecular weight excluding hydrogens is 136 g/mol. The minimum atomic E-state index is 0.390. The first-order valence-electron chi connectivity index (χ1n) is 4.76. The van der Waals surface area contributed by atoms with Crippen LogP contribution in [0.5, 0.6) is 0 Å². The summed E-state index contributed by atoms with van der Waals surface area (Å²) in [5, 5.41) is 9.01. The van der Waals surface area contributed by atoms with Crippen molar-refractivity contribution in [3.05, 3.63) is 0 Å². The fourth-order valence-electron chi connectivity index (χ4n) is 2.29. The van der Waals surface area contributed by atoms with Crippen LogP contribution in [-0.2, 0) is 0 Å². The Kier molecular flexibility index (Phi) is 2.94. The Morgan fingerprint density at radius 2 is 1.55 bits per heavy atom. The average molecular weight is 156 g/mol. The van der Waals surface area contributed by atoms with Crippen molar-refractivity contribution < 1.29 is 5.11 Å². The first-order valence-corrected chi connectivity index (χ1v) is 4.76.